The molecule has 2 rings (SSSR count). The zero-order valence-corrected chi connectivity index (χ0v) is 12.0. The van der Waals surface area contributed by atoms with Crippen LogP contribution in [0.3, 0.4) is 0 Å². The monoisotopic (exact) mass is 268 g/mol. The van der Waals surface area contributed by atoms with Crippen LogP contribution in [0.4, 0.5) is 10.7 Å². The predicted octanol–water partition coefficient (Wildman–Crippen LogP) is 2.78. The summed E-state index contributed by atoms with van der Waals surface area (Å²) >= 11 is 1.45. The highest BCUT2D eigenvalue weighted by atomic mass is 32.1. The number of anilines is 2. The van der Waals surface area contributed by atoms with Crippen molar-refractivity contribution < 1.29 is 9.53 Å². The van der Waals surface area contributed by atoms with Crippen molar-refractivity contribution in [2.45, 2.75) is 26.2 Å². The number of hydrogen-bond donors (Lipinski definition) is 1. The van der Waals surface area contributed by atoms with E-state index >= 15 is 0 Å². The lowest BCUT2D eigenvalue weighted by Gasteiger charge is -2.18. The van der Waals surface area contributed by atoms with E-state index in [1.165, 1.54) is 24.2 Å². The minimum Gasteiger partial charge on any atom is -0.492 e. The van der Waals surface area contributed by atoms with Crippen LogP contribution >= 0.6 is 11.3 Å². The molecule has 2 N–H and O–H groups in total. The summed E-state index contributed by atoms with van der Waals surface area (Å²) < 4.78 is 5.37. The van der Waals surface area contributed by atoms with Crippen molar-refractivity contribution >= 4 is 27.8 Å². The second kappa shape index (κ2) is 5.18. The Hall–Kier alpha value is -1.23. The van der Waals surface area contributed by atoms with E-state index in [1.54, 1.807) is 7.11 Å². The van der Waals surface area contributed by atoms with E-state index < -0.39 is 0 Å². The third kappa shape index (κ3) is 2.46. The maximum Gasteiger partial charge on any atom is 0.177 e. The largest absolute Gasteiger partial charge is 0.492 e. The number of Topliss-reactive ketones (excluding diaryl/α,β-unsaturated/α-hetero) is 1. The van der Waals surface area contributed by atoms with E-state index in [9.17, 15) is 4.79 Å². The molecule has 0 aliphatic heterocycles. The lowest BCUT2D eigenvalue weighted by atomic mass is 10.2. The van der Waals surface area contributed by atoms with Gasteiger partial charge in [0.05, 0.1) is 17.7 Å². The van der Waals surface area contributed by atoms with Gasteiger partial charge in [0.1, 0.15) is 5.00 Å². The van der Waals surface area contributed by atoms with Crippen LogP contribution < -0.4 is 15.4 Å². The van der Waals surface area contributed by atoms with Gasteiger partial charge in [-0.05, 0) is 18.8 Å². The molecule has 0 aromatic carbocycles. The molecule has 1 saturated carbocycles. The highest BCUT2D eigenvalue weighted by Gasteiger charge is 2.27. The quantitative estimate of drug-likeness (QED) is 0.806. The maximum absolute atomic E-state index is 11.8. The van der Waals surface area contributed by atoms with Gasteiger partial charge in [0, 0.05) is 20.0 Å². The number of nitrogens with zero attached hydrogens (tertiary/aromatic N) is 1. The summed E-state index contributed by atoms with van der Waals surface area (Å²) in [5.74, 6) is 1.52. The second-order valence-electron chi connectivity index (χ2n) is 4.78. The van der Waals surface area contributed by atoms with Crippen molar-refractivity contribution in [3.63, 3.8) is 0 Å². The van der Waals surface area contributed by atoms with Crippen molar-refractivity contribution in [1.82, 2.24) is 0 Å². The Morgan fingerprint density at radius 1 is 1.56 bits per heavy atom. The Morgan fingerprint density at radius 2 is 2.22 bits per heavy atom. The molecule has 100 valence electrons. The zero-order chi connectivity index (χ0) is 13.3. The summed E-state index contributed by atoms with van der Waals surface area (Å²) in [6.07, 6.45) is 3.07. The van der Waals surface area contributed by atoms with Crippen molar-refractivity contribution in [2.24, 2.45) is 5.92 Å². The van der Waals surface area contributed by atoms with Gasteiger partial charge in [-0.2, -0.15) is 0 Å². The van der Waals surface area contributed by atoms with Crippen molar-refractivity contribution in [2.75, 3.05) is 31.3 Å². The van der Waals surface area contributed by atoms with E-state index in [-0.39, 0.29) is 5.78 Å². The Bertz CT molecular complexity index is 452. The molecule has 0 radical (unpaired) electrons. The van der Waals surface area contributed by atoms with Gasteiger partial charge in [0.2, 0.25) is 0 Å². The smallest absolute Gasteiger partial charge is 0.177 e. The first kappa shape index (κ1) is 13.2. The second-order valence-corrected chi connectivity index (χ2v) is 5.78. The number of carbonyl (C=O) groups excluding carboxylic acids is 1. The molecule has 1 fully saturated rings. The van der Waals surface area contributed by atoms with E-state index in [4.69, 9.17) is 10.5 Å². The van der Waals surface area contributed by atoms with Crippen molar-refractivity contribution in [1.29, 1.82) is 0 Å². The Labute approximate surface area is 112 Å². The third-order valence-electron chi connectivity index (χ3n) is 3.24. The average Bonchev–Trinajstić information content (AvgIpc) is 3.10. The third-order valence-corrected chi connectivity index (χ3v) is 4.58. The molecule has 1 aliphatic rings. The van der Waals surface area contributed by atoms with Crippen LogP contribution in [-0.2, 0) is 0 Å². The molecule has 0 atom stereocenters. The van der Waals surface area contributed by atoms with Crippen LogP contribution in [0, 0.1) is 5.92 Å². The number of thiophene rings is 1. The highest BCUT2D eigenvalue weighted by molar-refractivity contribution is 7.19. The van der Waals surface area contributed by atoms with Crippen LogP contribution in [0.5, 0.6) is 5.75 Å². The summed E-state index contributed by atoms with van der Waals surface area (Å²) in [4.78, 5) is 14.6. The normalized spacial score (nSPS) is 14.6. The van der Waals surface area contributed by atoms with Gasteiger partial charge in [-0.25, -0.2) is 0 Å². The van der Waals surface area contributed by atoms with Crippen molar-refractivity contribution in [3.8, 4) is 5.75 Å². The number of nitrogens with two attached hydrogens (primary N) is 1. The first-order valence-corrected chi connectivity index (χ1v) is 7.10. The molecule has 5 heteroatoms. The minimum absolute atomic E-state index is 0.0851. The number of ketones is 1. The molecule has 0 unspecified atom stereocenters. The zero-order valence-electron chi connectivity index (χ0n) is 11.2. The molecule has 1 aliphatic carbocycles. The van der Waals surface area contributed by atoms with Crippen LogP contribution in [0.15, 0.2) is 0 Å². The molecular weight excluding hydrogens is 248 g/mol. The average molecular weight is 268 g/mol. The molecular formula is C13H20N2O2S. The number of ether oxygens (including phenoxy) is 1. The summed E-state index contributed by atoms with van der Waals surface area (Å²) in [5, 5.41) is 0.971. The van der Waals surface area contributed by atoms with Gasteiger partial charge in [-0.1, -0.05) is 6.92 Å². The SMILES string of the molecule is CCC(=O)c1sc(N(C)CC2CC2)c(OC)c1N. The van der Waals surface area contributed by atoms with E-state index in [0.717, 1.165) is 17.5 Å². The van der Waals surface area contributed by atoms with E-state index in [0.29, 0.717) is 22.7 Å². The van der Waals surface area contributed by atoms with Crippen LogP contribution in [0.25, 0.3) is 0 Å². The Balaban J connectivity index is 2.30. The molecule has 0 saturated heterocycles. The lowest BCUT2D eigenvalue weighted by Crippen LogP contribution is -2.19. The van der Waals surface area contributed by atoms with Crippen LogP contribution in [0.2, 0.25) is 0 Å². The fourth-order valence-corrected chi connectivity index (χ4v) is 3.17. The Kier molecular flexibility index (Phi) is 3.80. The summed E-state index contributed by atoms with van der Waals surface area (Å²) in [6, 6.07) is 0. The predicted molar refractivity (Wildman–Crippen MR) is 75.9 cm³/mol. The van der Waals surface area contributed by atoms with Crippen LogP contribution in [-0.4, -0.2) is 26.5 Å². The molecule has 1 heterocycles. The minimum atomic E-state index is 0.0851. The molecule has 18 heavy (non-hydrogen) atoms. The number of hydrogen-bond acceptors (Lipinski definition) is 5. The maximum atomic E-state index is 11.8. The first-order chi connectivity index (χ1) is 8.58. The summed E-state index contributed by atoms with van der Waals surface area (Å²) in [7, 11) is 3.64. The lowest BCUT2D eigenvalue weighted by molar-refractivity contribution is 0.0992. The number of carbonyl (C=O) groups is 1. The van der Waals surface area contributed by atoms with Crippen LogP contribution in [0.1, 0.15) is 35.9 Å². The molecule has 1 aromatic rings. The molecule has 0 spiro atoms. The summed E-state index contributed by atoms with van der Waals surface area (Å²) in [5.41, 5.74) is 6.51. The van der Waals surface area contributed by atoms with Gasteiger partial charge in [0.15, 0.2) is 11.5 Å². The van der Waals surface area contributed by atoms with Gasteiger partial charge in [0.25, 0.3) is 0 Å². The number of methoxy groups -OCH3 is 1. The first-order valence-electron chi connectivity index (χ1n) is 6.29. The molecule has 1 aromatic heterocycles. The fraction of sp³-hybridized carbons (Fsp3) is 0.615. The Morgan fingerprint density at radius 3 is 2.72 bits per heavy atom. The molecule has 4 nitrogen and oxygen atoms in total. The van der Waals surface area contributed by atoms with Crippen molar-refractivity contribution in [3.05, 3.63) is 4.88 Å². The number of nitrogen functional groups attached to an aromatic ring is 1. The summed E-state index contributed by atoms with van der Waals surface area (Å²) in [6.45, 7) is 2.86. The molecule has 0 amide bonds. The van der Waals surface area contributed by atoms with Gasteiger partial charge in [-0.3, -0.25) is 4.79 Å². The van der Waals surface area contributed by atoms with Gasteiger partial charge >= 0.3 is 0 Å². The number of rotatable bonds is 6. The van der Waals surface area contributed by atoms with Gasteiger partial charge < -0.3 is 15.4 Å². The van der Waals surface area contributed by atoms with E-state index in [1.807, 2.05) is 14.0 Å². The highest BCUT2D eigenvalue weighted by Crippen LogP contribution is 2.45. The molecule has 0 bridgehead atoms. The standard InChI is InChI=1S/C13H20N2O2S/c1-4-9(16)12-10(14)11(17-3)13(18-12)15(2)7-8-5-6-8/h8H,4-7,14H2,1-3H3. The fourth-order valence-electron chi connectivity index (χ4n) is 2.00. The van der Waals surface area contributed by atoms with E-state index in [2.05, 4.69) is 4.90 Å². The van der Waals surface area contributed by atoms with Gasteiger partial charge in [-0.15, -0.1) is 11.3 Å². The topological polar surface area (TPSA) is 55.6 Å².